The Morgan fingerprint density at radius 3 is 2.80 bits per heavy atom. The third kappa shape index (κ3) is 3.23. The van der Waals surface area contributed by atoms with Crippen molar-refractivity contribution in [2.45, 2.75) is 13.0 Å². The minimum Gasteiger partial charge on any atom is -0.362 e. The number of H-pyrrole nitrogens is 1. The molecule has 6 nitrogen and oxygen atoms in total. The Morgan fingerprint density at radius 1 is 1.07 bits per heavy atom. The van der Waals surface area contributed by atoms with E-state index in [4.69, 9.17) is 16.6 Å². The van der Waals surface area contributed by atoms with Crippen LogP contribution in [0, 0.1) is 5.82 Å². The van der Waals surface area contributed by atoms with E-state index in [2.05, 4.69) is 25.3 Å². The van der Waals surface area contributed by atoms with Gasteiger partial charge in [-0.15, -0.1) is 0 Å². The van der Waals surface area contributed by atoms with Gasteiger partial charge in [0.2, 0.25) is 0 Å². The molecule has 0 radical (unpaired) electrons. The van der Waals surface area contributed by atoms with E-state index in [0.29, 0.717) is 27.7 Å². The zero-order valence-corrected chi connectivity index (χ0v) is 16.7. The fourth-order valence-electron chi connectivity index (χ4n) is 3.51. The summed E-state index contributed by atoms with van der Waals surface area (Å²) in [6.45, 7) is 2.01. The highest BCUT2D eigenvalue weighted by Gasteiger charge is 2.19. The molecule has 3 heterocycles. The van der Waals surface area contributed by atoms with Gasteiger partial charge in [0.15, 0.2) is 11.5 Å². The molecule has 30 heavy (non-hydrogen) atoms. The van der Waals surface area contributed by atoms with Gasteiger partial charge < -0.3 is 10.3 Å². The Hall–Kier alpha value is -3.58. The SMILES string of the molecule is CC(Nc1ncnc2nc[nH]c12)c1cc2ccc(F)cc2nc1-c1ccccc1Cl. The van der Waals surface area contributed by atoms with E-state index in [1.54, 1.807) is 12.4 Å². The third-order valence-corrected chi connectivity index (χ3v) is 5.31. The fourth-order valence-corrected chi connectivity index (χ4v) is 3.74. The third-order valence-electron chi connectivity index (χ3n) is 4.98. The Bertz CT molecular complexity index is 1380. The van der Waals surface area contributed by atoms with Gasteiger partial charge in [0.25, 0.3) is 0 Å². The summed E-state index contributed by atoms with van der Waals surface area (Å²) in [6, 6.07) is 13.9. The number of aromatic amines is 1. The fraction of sp³-hybridized carbons (Fsp3) is 0.0909. The number of hydrogen-bond donors (Lipinski definition) is 2. The first kappa shape index (κ1) is 18.4. The normalized spacial score (nSPS) is 12.4. The van der Waals surface area contributed by atoms with Gasteiger partial charge in [0.05, 0.1) is 23.6 Å². The molecule has 0 aliphatic carbocycles. The summed E-state index contributed by atoms with van der Waals surface area (Å²) in [7, 11) is 0. The highest BCUT2D eigenvalue weighted by Crippen LogP contribution is 2.35. The predicted molar refractivity (Wildman–Crippen MR) is 116 cm³/mol. The Morgan fingerprint density at radius 2 is 1.93 bits per heavy atom. The Balaban J connectivity index is 1.66. The summed E-state index contributed by atoms with van der Waals surface area (Å²) < 4.78 is 13.8. The van der Waals surface area contributed by atoms with Crippen LogP contribution < -0.4 is 5.32 Å². The number of rotatable bonds is 4. The second kappa shape index (κ2) is 7.35. The number of anilines is 1. The lowest BCUT2D eigenvalue weighted by molar-refractivity contribution is 0.629. The van der Waals surface area contributed by atoms with Gasteiger partial charge >= 0.3 is 0 Å². The van der Waals surface area contributed by atoms with Crippen molar-refractivity contribution >= 4 is 39.5 Å². The number of halogens is 2. The van der Waals surface area contributed by atoms with E-state index in [1.165, 1.54) is 18.5 Å². The highest BCUT2D eigenvalue weighted by molar-refractivity contribution is 6.33. The van der Waals surface area contributed by atoms with Crippen LogP contribution in [0.4, 0.5) is 10.2 Å². The van der Waals surface area contributed by atoms with Gasteiger partial charge in [0.1, 0.15) is 17.7 Å². The number of nitrogens with zero attached hydrogens (tertiary/aromatic N) is 4. The molecule has 3 aromatic heterocycles. The van der Waals surface area contributed by atoms with Gasteiger partial charge in [-0.25, -0.2) is 24.3 Å². The van der Waals surface area contributed by atoms with Crippen molar-refractivity contribution < 1.29 is 4.39 Å². The standard InChI is InChI=1S/C22H16ClFN6/c1-12(29-22-20-21(26-10-25-20)27-11-28-22)16-8-13-6-7-14(24)9-18(13)30-19(16)15-4-2-3-5-17(15)23/h2-12H,1H3,(H2,25,26,27,28,29). The first-order chi connectivity index (χ1) is 14.6. The van der Waals surface area contributed by atoms with Crippen LogP contribution in [0.3, 0.4) is 0 Å². The number of imidazole rings is 1. The van der Waals surface area contributed by atoms with Gasteiger partial charge in [0, 0.05) is 27.6 Å². The molecule has 0 saturated carbocycles. The summed E-state index contributed by atoms with van der Waals surface area (Å²) in [5, 5.41) is 4.83. The summed E-state index contributed by atoms with van der Waals surface area (Å²) in [5.74, 6) is 0.302. The predicted octanol–water partition coefficient (Wildman–Crippen LogP) is 5.53. The molecule has 1 unspecified atom stereocenters. The lowest BCUT2D eigenvalue weighted by atomic mass is 9.98. The molecule has 5 aromatic rings. The average Bonchev–Trinajstić information content (AvgIpc) is 3.23. The van der Waals surface area contributed by atoms with Crippen LogP contribution in [0.2, 0.25) is 5.02 Å². The number of pyridine rings is 1. The zero-order valence-electron chi connectivity index (χ0n) is 15.9. The first-order valence-electron chi connectivity index (χ1n) is 9.36. The molecule has 0 spiro atoms. The topological polar surface area (TPSA) is 79.4 Å². The molecule has 1 atom stereocenters. The second-order valence-electron chi connectivity index (χ2n) is 6.93. The zero-order chi connectivity index (χ0) is 20.7. The van der Waals surface area contributed by atoms with Crippen molar-refractivity contribution in [1.82, 2.24) is 24.9 Å². The van der Waals surface area contributed by atoms with Crippen molar-refractivity contribution in [3.8, 4) is 11.3 Å². The van der Waals surface area contributed by atoms with E-state index in [0.717, 1.165) is 22.0 Å². The molecule has 0 aliphatic heterocycles. The summed E-state index contributed by atoms with van der Waals surface area (Å²) in [6.07, 6.45) is 3.05. The first-order valence-corrected chi connectivity index (χ1v) is 9.73. The van der Waals surface area contributed by atoms with Gasteiger partial charge in [-0.1, -0.05) is 29.8 Å². The summed E-state index contributed by atoms with van der Waals surface area (Å²) >= 11 is 6.47. The largest absolute Gasteiger partial charge is 0.362 e. The average molecular weight is 419 g/mol. The molecule has 0 saturated heterocycles. The Kier molecular flexibility index (Phi) is 4.52. The van der Waals surface area contributed by atoms with Crippen LogP contribution in [0.15, 0.2) is 61.2 Å². The van der Waals surface area contributed by atoms with Gasteiger partial charge in [-0.05, 0) is 31.2 Å². The molecule has 0 bridgehead atoms. The van der Waals surface area contributed by atoms with E-state index < -0.39 is 0 Å². The molecule has 148 valence electrons. The lowest BCUT2D eigenvalue weighted by Gasteiger charge is -2.20. The van der Waals surface area contributed by atoms with Crippen LogP contribution in [0.25, 0.3) is 33.3 Å². The van der Waals surface area contributed by atoms with Crippen molar-refractivity contribution in [2.24, 2.45) is 0 Å². The minimum absolute atomic E-state index is 0.181. The lowest BCUT2D eigenvalue weighted by Crippen LogP contribution is -2.11. The monoisotopic (exact) mass is 418 g/mol. The molecular formula is C22H16ClFN6. The molecule has 8 heteroatoms. The Labute approximate surface area is 176 Å². The van der Waals surface area contributed by atoms with Crippen LogP contribution in [0.1, 0.15) is 18.5 Å². The molecule has 2 N–H and O–H groups in total. The van der Waals surface area contributed by atoms with Crippen molar-refractivity contribution in [2.75, 3.05) is 5.32 Å². The minimum atomic E-state index is -0.332. The van der Waals surface area contributed by atoms with Crippen LogP contribution in [0.5, 0.6) is 0 Å². The second-order valence-corrected chi connectivity index (χ2v) is 7.34. The van der Waals surface area contributed by atoms with Crippen molar-refractivity contribution in [3.63, 3.8) is 0 Å². The molecule has 5 rings (SSSR count). The molecule has 0 aliphatic rings. The molecular weight excluding hydrogens is 403 g/mol. The smallest absolute Gasteiger partial charge is 0.182 e. The number of aromatic nitrogens is 5. The van der Waals surface area contributed by atoms with Gasteiger partial charge in [-0.2, -0.15) is 0 Å². The maximum absolute atomic E-state index is 13.8. The maximum Gasteiger partial charge on any atom is 0.182 e. The van der Waals surface area contributed by atoms with Crippen LogP contribution >= 0.6 is 11.6 Å². The summed E-state index contributed by atoms with van der Waals surface area (Å²) in [5.41, 5.74) is 4.25. The maximum atomic E-state index is 13.8. The molecule has 0 amide bonds. The number of fused-ring (bicyclic) bond motifs is 2. The summed E-state index contributed by atoms with van der Waals surface area (Å²) in [4.78, 5) is 20.5. The quantitative estimate of drug-likeness (QED) is 0.401. The number of benzene rings is 2. The van der Waals surface area contributed by atoms with Crippen LogP contribution in [-0.4, -0.2) is 24.9 Å². The molecule has 0 fully saturated rings. The van der Waals surface area contributed by atoms with Crippen LogP contribution in [-0.2, 0) is 0 Å². The number of nitrogens with one attached hydrogen (secondary N) is 2. The molecule has 2 aromatic carbocycles. The van der Waals surface area contributed by atoms with E-state index >= 15 is 0 Å². The van der Waals surface area contributed by atoms with Crippen molar-refractivity contribution in [1.29, 1.82) is 0 Å². The van der Waals surface area contributed by atoms with Crippen molar-refractivity contribution in [3.05, 3.63) is 77.6 Å². The van der Waals surface area contributed by atoms with E-state index in [9.17, 15) is 4.39 Å². The van der Waals surface area contributed by atoms with E-state index in [-0.39, 0.29) is 11.9 Å². The van der Waals surface area contributed by atoms with Gasteiger partial charge in [-0.3, -0.25) is 0 Å². The number of hydrogen-bond acceptors (Lipinski definition) is 5. The van der Waals surface area contributed by atoms with E-state index in [1.807, 2.05) is 37.3 Å². The highest BCUT2D eigenvalue weighted by atomic mass is 35.5.